The van der Waals surface area contributed by atoms with E-state index in [4.69, 9.17) is 34.8 Å². The largest absolute Gasteiger partial charge is 0.379 e. The lowest BCUT2D eigenvalue weighted by Crippen LogP contribution is -2.12. The highest BCUT2D eigenvalue weighted by Gasteiger charge is 2.09. The molecule has 20 heavy (non-hydrogen) atoms. The van der Waals surface area contributed by atoms with Crippen molar-refractivity contribution in [3.8, 4) is 0 Å². The lowest BCUT2D eigenvalue weighted by atomic mass is 10.2. The molecule has 2 nitrogen and oxygen atoms in total. The molecule has 0 bridgehead atoms. The summed E-state index contributed by atoms with van der Waals surface area (Å²) in [6.45, 7) is 0.651. The maximum absolute atomic E-state index is 6.23. The Morgan fingerprint density at radius 3 is 2.35 bits per heavy atom. The van der Waals surface area contributed by atoms with Crippen LogP contribution in [0, 0.1) is 0 Å². The van der Waals surface area contributed by atoms with Crippen LogP contribution < -0.4 is 10.2 Å². The molecule has 0 aliphatic carbocycles. The first kappa shape index (κ1) is 15.3. The van der Waals surface area contributed by atoms with Crippen molar-refractivity contribution < 1.29 is 0 Å². The molecule has 0 aromatic heterocycles. The molecule has 5 heteroatoms. The molecule has 0 saturated heterocycles. The molecule has 1 N–H and O–H groups in total. The molecule has 0 aliphatic rings. The Labute approximate surface area is 134 Å². The third-order valence-corrected chi connectivity index (χ3v) is 3.94. The van der Waals surface area contributed by atoms with Gasteiger partial charge in [-0.25, -0.2) is 0 Å². The number of hydrogen-bond acceptors (Lipinski definition) is 2. The molecule has 0 aliphatic heterocycles. The molecule has 2 aromatic carbocycles. The zero-order valence-corrected chi connectivity index (χ0v) is 13.5. The smallest absolute Gasteiger partial charge is 0.0786 e. The van der Waals surface area contributed by atoms with Crippen LogP contribution in [0.4, 0.5) is 11.4 Å². The molecule has 0 spiro atoms. The highest BCUT2D eigenvalue weighted by atomic mass is 35.5. The second kappa shape index (κ2) is 6.57. The average molecular weight is 330 g/mol. The van der Waals surface area contributed by atoms with Crippen molar-refractivity contribution in [2.75, 3.05) is 24.3 Å². The molecule has 0 fully saturated rings. The van der Waals surface area contributed by atoms with E-state index in [-0.39, 0.29) is 0 Å². The van der Waals surface area contributed by atoms with Crippen molar-refractivity contribution in [1.82, 2.24) is 0 Å². The highest BCUT2D eigenvalue weighted by molar-refractivity contribution is 6.42. The molecule has 106 valence electrons. The topological polar surface area (TPSA) is 15.3 Å². The van der Waals surface area contributed by atoms with E-state index in [1.54, 1.807) is 6.07 Å². The summed E-state index contributed by atoms with van der Waals surface area (Å²) in [4.78, 5) is 1.99. The van der Waals surface area contributed by atoms with Crippen molar-refractivity contribution in [3.05, 3.63) is 57.0 Å². The molecule has 0 heterocycles. The van der Waals surface area contributed by atoms with Crippen LogP contribution in [0.3, 0.4) is 0 Å². The first-order valence-corrected chi connectivity index (χ1v) is 7.26. The van der Waals surface area contributed by atoms with Gasteiger partial charge in [0.05, 0.1) is 26.4 Å². The SMILES string of the molecule is CN(C)c1c(Cl)cccc1NCc1ccc(Cl)c(Cl)c1. The van der Waals surface area contributed by atoms with Gasteiger partial charge in [-0.3, -0.25) is 0 Å². The number of para-hydroxylation sites is 1. The lowest BCUT2D eigenvalue weighted by molar-refractivity contribution is 1.10. The van der Waals surface area contributed by atoms with Gasteiger partial charge in [0.15, 0.2) is 0 Å². The number of benzene rings is 2. The van der Waals surface area contributed by atoms with E-state index in [0.717, 1.165) is 16.9 Å². The van der Waals surface area contributed by atoms with E-state index in [0.29, 0.717) is 21.6 Å². The fourth-order valence-corrected chi connectivity index (χ4v) is 2.62. The molecular weight excluding hydrogens is 315 g/mol. The zero-order valence-electron chi connectivity index (χ0n) is 11.3. The van der Waals surface area contributed by atoms with E-state index in [9.17, 15) is 0 Å². The van der Waals surface area contributed by atoms with E-state index < -0.39 is 0 Å². The van der Waals surface area contributed by atoms with Gasteiger partial charge in [-0.15, -0.1) is 0 Å². The minimum absolute atomic E-state index is 0.560. The predicted octanol–water partition coefficient (Wildman–Crippen LogP) is 5.32. The Morgan fingerprint density at radius 1 is 0.950 bits per heavy atom. The first-order valence-electron chi connectivity index (χ1n) is 6.12. The Kier molecular flexibility index (Phi) is 5.03. The van der Waals surface area contributed by atoms with Gasteiger partial charge >= 0.3 is 0 Å². The van der Waals surface area contributed by atoms with Crippen molar-refractivity contribution in [2.45, 2.75) is 6.54 Å². The van der Waals surface area contributed by atoms with Crippen LogP contribution in [0.25, 0.3) is 0 Å². The molecule has 0 atom stereocenters. The minimum Gasteiger partial charge on any atom is -0.379 e. The molecule has 0 unspecified atom stereocenters. The molecular formula is C15H15Cl3N2. The number of hydrogen-bond donors (Lipinski definition) is 1. The number of rotatable bonds is 4. The van der Waals surface area contributed by atoms with Crippen molar-refractivity contribution in [1.29, 1.82) is 0 Å². The summed E-state index contributed by atoms with van der Waals surface area (Å²) >= 11 is 18.2. The number of halogens is 3. The molecule has 2 aromatic rings. The summed E-state index contributed by atoms with van der Waals surface area (Å²) in [6, 6.07) is 11.4. The fraction of sp³-hybridized carbons (Fsp3) is 0.200. The Balaban J connectivity index is 2.18. The van der Waals surface area contributed by atoms with Gasteiger partial charge < -0.3 is 10.2 Å². The maximum atomic E-state index is 6.23. The molecule has 0 saturated carbocycles. The van der Waals surface area contributed by atoms with E-state index in [1.165, 1.54) is 0 Å². The van der Waals surface area contributed by atoms with Crippen LogP contribution in [-0.4, -0.2) is 14.1 Å². The summed E-state index contributed by atoms with van der Waals surface area (Å²) in [5.74, 6) is 0. The maximum Gasteiger partial charge on any atom is 0.0786 e. The molecule has 2 rings (SSSR count). The zero-order chi connectivity index (χ0) is 14.7. The van der Waals surface area contributed by atoms with Crippen molar-refractivity contribution in [3.63, 3.8) is 0 Å². The van der Waals surface area contributed by atoms with Crippen molar-refractivity contribution in [2.24, 2.45) is 0 Å². The van der Waals surface area contributed by atoms with E-state index >= 15 is 0 Å². The van der Waals surface area contributed by atoms with Gasteiger partial charge in [0, 0.05) is 20.6 Å². The third kappa shape index (κ3) is 3.51. The summed E-state index contributed by atoms with van der Waals surface area (Å²) in [6.07, 6.45) is 0. The van der Waals surface area contributed by atoms with Gasteiger partial charge in [0.25, 0.3) is 0 Å². The summed E-state index contributed by atoms with van der Waals surface area (Å²) in [7, 11) is 3.93. The lowest BCUT2D eigenvalue weighted by Gasteiger charge is -2.20. The second-order valence-electron chi connectivity index (χ2n) is 4.63. The van der Waals surface area contributed by atoms with Gasteiger partial charge in [-0.2, -0.15) is 0 Å². The van der Waals surface area contributed by atoms with Gasteiger partial charge in [-0.05, 0) is 29.8 Å². The second-order valence-corrected chi connectivity index (χ2v) is 5.85. The number of nitrogens with one attached hydrogen (secondary N) is 1. The van der Waals surface area contributed by atoms with Crippen LogP contribution >= 0.6 is 34.8 Å². The van der Waals surface area contributed by atoms with Gasteiger partial charge in [-0.1, -0.05) is 46.9 Å². The molecule has 0 radical (unpaired) electrons. The fourth-order valence-electron chi connectivity index (χ4n) is 1.96. The number of nitrogens with zero attached hydrogens (tertiary/aromatic N) is 1. The van der Waals surface area contributed by atoms with Crippen LogP contribution in [0.15, 0.2) is 36.4 Å². The molecule has 0 amide bonds. The van der Waals surface area contributed by atoms with E-state index in [2.05, 4.69) is 5.32 Å². The monoisotopic (exact) mass is 328 g/mol. The van der Waals surface area contributed by atoms with Gasteiger partial charge in [0.1, 0.15) is 0 Å². The quantitative estimate of drug-likeness (QED) is 0.816. The van der Waals surface area contributed by atoms with Crippen LogP contribution in [0.5, 0.6) is 0 Å². The standard InChI is InChI=1S/C15H15Cl3N2/c1-20(2)15-12(17)4-3-5-14(15)19-9-10-6-7-11(16)13(18)8-10/h3-8,19H,9H2,1-2H3. The normalized spacial score (nSPS) is 10.4. The summed E-state index contributed by atoms with van der Waals surface area (Å²) in [5.41, 5.74) is 3.01. The Hall–Kier alpha value is -1.09. The highest BCUT2D eigenvalue weighted by Crippen LogP contribution is 2.33. The van der Waals surface area contributed by atoms with Crippen LogP contribution in [-0.2, 0) is 6.54 Å². The van der Waals surface area contributed by atoms with Crippen LogP contribution in [0.1, 0.15) is 5.56 Å². The van der Waals surface area contributed by atoms with Gasteiger partial charge in [0.2, 0.25) is 0 Å². The minimum atomic E-state index is 0.560. The Morgan fingerprint density at radius 2 is 1.70 bits per heavy atom. The predicted molar refractivity (Wildman–Crippen MR) is 89.6 cm³/mol. The van der Waals surface area contributed by atoms with Crippen LogP contribution in [0.2, 0.25) is 15.1 Å². The average Bonchev–Trinajstić information content (AvgIpc) is 2.39. The van der Waals surface area contributed by atoms with Crippen molar-refractivity contribution >= 4 is 46.2 Å². The first-order chi connectivity index (χ1) is 9.49. The summed E-state index contributed by atoms with van der Waals surface area (Å²) < 4.78 is 0. The number of anilines is 2. The van der Waals surface area contributed by atoms with E-state index in [1.807, 2.05) is 49.3 Å². The Bertz CT molecular complexity index is 612. The third-order valence-electron chi connectivity index (χ3n) is 2.90. The summed E-state index contributed by atoms with van der Waals surface area (Å²) in [5, 5.41) is 5.21.